The summed E-state index contributed by atoms with van der Waals surface area (Å²) in [4.78, 5) is 53.0. The van der Waals surface area contributed by atoms with Crippen LogP contribution in [-0.4, -0.2) is 64.8 Å². The van der Waals surface area contributed by atoms with Crippen LogP contribution in [0.1, 0.15) is 49.7 Å². The van der Waals surface area contributed by atoms with Gasteiger partial charge in [0, 0.05) is 31.3 Å². The van der Waals surface area contributed by atoms with Gasteiger partial charge in [-0.2, -0.15) is 0 Å². The summed E-state index contributed by atoms with van der Waals surface area (Å²) in [6.07, 6.45) is 3.74. The average molecular weight is 520 g/mol. The minimum atomic E-state index is -1.01. The van der Waals surface area contributed by atoms with E-state index >= 15 is 0 Å². The molecule has 0 radical (unpaired) electrons. The minimum absolute atomic E-state index is 0.000590. The maximum Gasteiger partial charge on any atom is 0.326 e. The molecule has 3 N–H and O–H groups in total. The van der Waals surface area contributed by atoms with Gasteiger partial charge in [-0.1, -0.05) is 60.7 Å². The van der Waals surface area contributed by atoms with Gasteiger partial charge in [-0.05, 0) is 56.2 Å². The Hall–Kier alpha value is -3.52. The van der Waals surface area contributed by atoms with Crippen molar-refractivity contribution in [3.8, 4) is 0 Å². The van der Waals surface area contributed by atoms with E-state index in [9.17, 15) is 24.3 Å². The van der Waals surface area contributed by atoms with Gasteiger partial charge in [0.15, 0.2) is 0 Å². The predicted molar refractivity (Wildman–Crippen MR) is 143 cm³/mol. The summed E-state index contributed by atoms with van der Waals surface area (Å²) < 4.78 is 0. The quantitative estimate of drug-likeness (QED) is 0.397. The largest absolute Gasteiger partial charge is 0.480 e. The van der Waals surface area contributed by atoms with E-state index in [4.69, 9.17) is 0 Å². The smallest absolute Gasteiger partial charge is 0.326 e. The number of ketones is 1. The maximum atomic E-state index is 13.6. The summed E-state index contributed by atoms with van der Waals surface area (Å²) in [6, 6.07) is 17.7. The van der Waals surface area contributed by atoms with Gasteiger partial charge in [0.1, 0.15) is 11.8 Å². The lowest BCUT2D eigenvalue weighted by Gasteiger charge is -2.27. The van der Waals surface area contributed by atoms with Crippen LogP contribution in [0.15, 0.2) is 60.7 Å². The van der Waals surface area contributed by atoms with E-state index in [1.165, 1.54) is 4.90 Å². The number of Topliss-reactive ketones (excluding diaryl/α,β-unsaturated/α-hetero) is 1. The Kier molecular flexibility index (Phi) is 9.65. The number of carbonyl (C=O) groups is 4. The van der Waals surface area contributed by atoms with Gasteiger partial charge in [0.05, 0.1) is 6.04 Å². The average Bonchev–Trinajstić information content (AvgIpc) is 3.62. The van der Waals surface area contributed by atoms with Gasteiger partial charge in [-0.25, -0.2) is 4.79 Å². The molecule has 202 valence electrons. The Morgan fingerprint density at radius 3 is 2.16 bits per heavy atom. The van der Waals surface area contributed by atoms with Gasteiger partial charge in [-0.15, -0.1) is 0 Å². The van der Waals surface area contributed by atoms with Crippen molar-refractivity contribution in [2.45, 2.75) is 69.5 Å². The number of hydrogen-bond acceptors (Lipinski definition) is 5. The van der Waals surface area contributed by atoms with Gasteiger partial charge in [-0.3, -0.25) is 14.4 Å². The van der Waals surface area contributed by atoms with E-state index in [0.29, 0.717) is 32.2 Å². The molecule has 2 aliphatic rings. The molecule has 2 fully saturated rings. The topological polar surface area (TPSA) is 116 Å². The van der Waals surface area contributed by atoms with Crippen molar-refractivity contribution < 1.29 is 24.3 Å². The zero-order chi connectivity index (χ0) is 26.9. The standard InChI is InChI=1S/C30H37N3O5/c34-25(20-24(18-22-11-5-2-6-12-22)32-28(35)26-13-7-15-31-26)19-23(17-21-9-3-1-4-10-21)29(36)33-16-8-14-27(33)30(37)38/h1-6,9-12,23-24,26-27,31H,7-8,13-20H2,(H,32,35)(H,37,38)/t23-,24+,26-,27+/m1/s1. The van der Waals surface area contributed by atoms with Crippen molar-refractivity contribution in [2.24, 2.45) is 5.92 Å². The molecule has 0 aliphatic carbocycles. The van der Waals surface area contributed by atoms with Crippen LogP contribution in [0.4, 0.5) is 0 Å². The lowest BCUT2D eigenvalue weighted by molar-refractivity contribution is -0.150. The lowest BCUT2D eigenvalue weighted by Crippen LogP contribution is -2.47. The fourth-order valence-corrected chi connectivity index (χ4v) is 5.58. The van der Waals surface area contributed by atoms with Crippen LogP contribution in [0.2, 0.25) is 0 Å². The van der Waals surface area contributed by atoms with E-state index in [2.05, 4.69) is 10.6 Å². The molecule has 2 amide bonds. The number of rotatable bonds is 12. The fourth-order valence-electron chi connectivity index (χ4n) is 5.58. The number of amides is 2. The van der Waals surface area contributed by atoms with Crippen LogP contribution in [-0.2, 0) is 32.0 Å². The normalized spacial score (nSPS) is 20.6. The third-order valence-corrected chi connectivity index (χ3v) is 7.49. The highest BCUT2D eigenvalue weighted by Crippen LogP contribution is 2.24. The first-order chi connectivity index (χ1) is 18.4. The molecule has 0 aromatic heterocycles. The zero-order valence-corrected chi connectivity index (χ0v) is 21.7. The first kappa shape index (κ1) is 27.5. The predicted octanol–water partition coefficient (Wildman–Crippen LogP) is 2.75. The van der Waals surface area contributed by atoms with Crippen LogP contribution in [0.25, 0.3) is 0 Å². The van der Waals surface area contributed by atoms with Crippen molar-refractivity contribution in [3.63, 3.8) is 0 Å². The van der Waals surface area contributed by atoms with Crippen molar-refractivity contribution in [1.82, 2.24) is 15.5 Å². The van der Waals surface area contributed by atoms with E-state index in [0.717, 1.165) is 30.5 Å². The molecule has 0 unspecified atom stereocenters. The van der Waals surface area contributed by atoms with Crippen LogP contribution in [0, 0.1) is 5.92 Å². The number of benzene rings is 2. The molecular formula is C30H37N3O5. The molecule has 0 spiro atoms. The van der Waals surface area contributed by atoms with Gasteiger partial charge < -0.3 is 20.6 Å². The highest BCUT2D eigenvalue weighted by molar-refractivity contribution is 5.90. The van der Waals surface area contributed by atoms with Gasteiger partial charge >= 0.3 is 5.97 Å². The third-order valence-electron chi connectivity index (χ3n) is 7.49. The van der Waals surface area contributed by atoms with Crippen LogP contribution < -0.4 is 10.6 Å². The number of likely N-dealkylation sites (tertiary alicyclic amines) is 1. The molecule has 8 heteroatoms. The SMILES string of the molecule is O=C(C[C@H](Cc1ccccc1)NC(=O)[C@H]1CCCN1)C[C@@H](Cc1ccccc1)C(=O)N1CCC[C@H]1C(=O)O. The third kappa shape index (κ3) is 7.51. The number of hydrogen-bond donors (Lipinski definition) is 3. The Balaban J connectivity index is 1.48. The lowest BCUT2D eigenvalue weighted by atomic mass is 9.90. The second-order valence-corrected chi connectivity index (χ2v) is 10.4. The molecule has 2 aliphatic heterocycles. The molecule has 38 heavy (non-hydrogen) atoms. The number of nitrogens with zero attached hydrogens (tertiary/aromatic N) is 1. The van der Waals surface area contributed by atoms with E-state index in [1.54, 1.807) is 0 Å². The number of carboxylic acids is 1. The molecule has 2 heterocycles. The van der Waals surface area contributed by atoms with Crippen molar-refractivity contribution in [2.75, 3.05) is 13.1 Å². The van der Waals surface area contributed by atoms with Crippen molar-refractivity contribution >= 4 is 23.6 Å². The molecule has 4 atom stereocenters. The Labute approximate surface area is 223 Å². The highest BCUT2D eigenvalue weighted by atomic mass is 16.4. The van der Waals surface area contributed by atoms with Crippen molar-refractivity contribution in [3.05, 3.63) is 71.8 Å². The second-order valence-electron chi connectivity index (χ2n) is 10.4. The molecule has 2 aromatic rings. The van der Waals surface area contributed by atoms with E-state index in [1.807, 2.05) is 60.7 Å². The molecule has 4 rings (SSSR count). The monoisotopic (exact) mass is 519 g/mol. The number of carboxylic acid groups (broad SMARTS) is 1. The minimum Gasteiger partial charge on any atom is -0.480 e. The Morgan fingerprint density at radius 2 is 1.55 bits per heavy atom. The first-order valence-corrected chi connectivity index (χ1v) is 13.6. The van der Waals surface area contributed by atoms with Crippen LogP contribution in [0.5, 0.6) is 0 Å². The molecule has 2 saturated heterocycles. The molecule has 2 aromatic carbocycles. The second kappa shape index (κ2) is 13.3. The summed E-state index contributed by atoms with van der Waals surface area (Å²) in [5.74, 6) is -2.17. The summed E-state index contributed by atoms with van der Waals surface area (Å²) >= 11 is 0. The molecular weight excluding hydrogens is 482 g/mol. The molecule has 8 nitrogen and oxygen atoms in total. The van der Waals surface area contributed by atoms with Gasteiger partial charge in [0.25, 0.3) is 0 Å². The fraction of sp³-hybridized carbons (Fsp3) is 0.467. The summed E-state index contributed by atoms with van der Waals surface area (Å²) in [7, 11) is 0. The molecule has 0 saturated carbocycles. The Morgan fingerprint density at radius 1 is 0.895 bits per heavy atom. The molecule has 0 bridgehead atoms. The maximum absolute atomic E-state index is 13.6. The summed E-state index contributed by atoms with van der Waals surface area (Å²) in [6.45, 7) is 1.19. The Bertz CT molecular complexity index is 1100. The number of nitrogens with one attached hydrogen (secondary N) is 2. The summed E-state index contributed by atoms with van der Waals surface area (Å²) in [5.41, 5.74) is 1.94. The van der Waals surface area contributed by atoms with Crippen molar-refractivity contribution in [1.29, 1.82) is 0 Å². The zero-order valence-electron chi connectivity index (χ0n) is 21.7. The van der Waals surface area contributed by atoms with Crippen LogP contribution >= 0.6 is 0 Å². The van der Waals surface area contributed by atoms with E-state index < -0.39 is 24.0 Å². The van der Waals surface area contributed by atoms with Crippen LogP contribution in [0.3, 0.4) is 0 Å². The first-order valence-electron chi connectivity index (χ1n) is 13.6. The van der Waals surface area contributed by atoms with Gasteiger partial charge in [0.2, 0.25) is 11.8 Å². The highest BCUT2D eigenvalue weighted by Gasteiger charge is 2.38. The summed E-state index contributed by atoms with van der Waals surface area (Å²) in [5, 5.41) is 15.9. The number of aliphatic carboxylic acids is 1. The van der Waals surface area contributed by atoms with E-state index in [-0.39, 0.29) is 36.5 Å². The number of carbonyl (C=O) groups excluding carboxylic acids is 3.